The van der Waals surface area contributed by atoms with Crippen LogP contribution in [-0.4, -0.2) is 17.5 Å². The van der Waals surface area contributed by atoms with Crippen LogP contribution in [0.3, 0.4) is 0 Å². The van der Waals surface area contributed by atoms with E-state index in [2.05, 4.69) is 11.1 Å². The molecule has 1 fully saturated rings. The summed E-state index contributed by atoms with van der Waals surface area (Å²) >= 11 is 0. The number of nitrogens with zero attached hydrogens (tertiary/aromatic N) is 1. The summed E-state index contributed by atoms with van der Waals surface area (Å²) in [6, 6.07) is 9.88. The maximum absolute atomic E-state index is 13.4. The van der Waals surface area contributed by atoms with Crippen LogP contribution in [0, 0.1) is 0 Å². The van der Waals surface area contributed by atoms with Gasteiger partial charge in [0, 0.05) is 36.4 Å². The zero-order chi connectivity index (χ0) is 14.2. The first kappa shape index (κ1) is 13.4. The highest BCUT2D eigenvalue weighted by molar-refractivity contribution is 5.79. The minimum atomic E-state index is -2.53. The van der Waals surface area contributed by atoms with Crippen LogP contribution in [0.15, 0.2) is 36.5 Å². The molecule has 1 aliphatic carbocycles. The van der Waals surface area contributed by atoms with E-state index < -0.39 is 5.92 Å². The first-order valence-electron chi connectivity index (χ1n) is 6.98. The Morgan fingerprint density at radius 2 is 1.85 bits per heavy atom. The lowest BCUT2D eigenvalue weighted by atomic mass is 9.68. The molecule has 0 amide bonds. The van der Waals surface area contributed by atoms with E-state index in [0.717, 1.165) is 16.5 Å². The molecule has 3 rings (SSSR count). The number of halogens is 2. The van der Waals surface area contributed by atoms with Gasteiger partial charge in [-0.3, -0.25) is 4.98 Å². The van der Waals surface area contributed by atoms with Crippen molar-refractivity contribution in [2.75, 3.05) is 6.54 Å². The fourth-order valence-electron chi connectivity index (χ4n) is 3.11. The van der Waals surface area contributed by atoms with Gasteiger partial charge in [-0.25, -0.2) is 8.78 Å². The Balaban J connectivity index is 1.99. The SMILES string of the molecule is NCC1(c2ccc3ncccc3c2)CCC(F)(F)CC1. The third-order valence-electron chi connectivity index (χ3n) is 4.54. The fraction of sp³-hybridized carbons (Fsp3) is 0.438. The maximum Gasteiger partial charge on any atom is 0.248 e. The zero-order valence-corrected chi connectivity index (χ0v) is 11.3. The van der Waals surface area contributed by atoms with Crippen molar-refractivity contribution in [1.29, 1.82) is 0 Å². The number of hydrogen-bond acceptors (Lipinski definition) is 2. The molecule has 2 N–H and O–H groups in total. The van der Waals surface area contributed by atoms with E-state index in [1.807, 2.05) is 24.3 Å². The van der Waals surface area contributed by atoms with Crippen molar-refractivity contribution in [2.24, 2.45) is 5.73 Å². The summed E-state index contributed by atoms with van der Waals surface area (Å²) in [5, 5.41) is 1.04. The normalized spacial score (nSPS) is 20.9. The summed E-state index contributed by atoms with van der Waals surface area (Å²) in [5.74, 6) is -2.53. The molecule has 1 aromatic carbocycles. The summed E-state index contributed by atoms with van der Waals surface area (Å²) in [4.78, 5) is 4.29. The third kappa shape index (κ3) is 2.29. The summed E-state index contributed by atoms with van der Waals surface area (Å²) < 4.78 is 26.8. The average molecular weight is 276 g/mol. The standard InChI is InChI=1S/C16H18F2N2/c17-16(18)7-5-15(11-19,6-8-16)13-3-4-14-12(10-13)2-1-9-20-14/h1-4,9-10H,5-8,11,19H2. The van der Waals surface area contributed by atoms with Crippen molar-refractivity contribution in [3.8, 4) is 0 Å². The van der Waals surface area contributed by atoms with Crippen molar-refractivity contribution < 1.29 is 8.78 Å². The van der Waals surface area contributed by atoms with Crippen LogP contribution in [-0.2, 0) is 5.41 Å². The Morgan fingerprint density at radius 3 is 2.55 bits per heavy atom. The number of benzene rings is 1. The Kier molecular flexibility index (Phi) is 3.21. The van der Waals surface area contributed by atoms with Gasteiger partial charge in [0.05, 0.1) is 5.52 Å². The van der Waals surface area contributed by atoms with Gasteiger partial charge >= 0.3 is 0 Å². The van der Waals surface area contributed by atoms with Crippen LogP contribution in [0.4, 0.5) is 8.78 Å². The van der Waals surface area contributed by atoms with Crippen molar-refractivity contribution >= 4 is 10.9 Å². The number of nitrogens with two attached hydrogens (primary N) is 1. The highest BCUT2D eigenvalue weighted by Crippen LogP contribution is 2.45. The molecule has 0 saturated heterocycles. The second-order valence-corrected chi connectivity index (χ2v) is 5.75. The van der Waals surface area contributed by atoms with Gasteiger partial charge in [-0.15, -0.1) is 0 Å². The van der Waals surface area contributed by atoms with Gasteiger partial charge in [-0.1, -0.05) is 12.1 Å². The molecule has 0 unspecified atom stereocenters. The summed E-state index contributed by atoms with van der Waals surface area (Å²) in [6.45, 7) is 0.412. The molecule has 2 nitrogen and oxygen atoms in total. The van der Waals surface area contributed by atoms with E-state index in [0.29, 0.717) is 19.4 Å². The zero-order valence-electron chi connectivity index (χ0n) is 11.3. The third-order valence-corrected chi connectivity index (χ3v) is 4.54. The smallest absolute Gasteiger partial charge is 0.248 e. The second kappa shape index (κ2) is 4.77. The predicted molar refractivity (Wildman–Crippen MR) is 75.9 cm³/mol. The lowest BCUT2D eigenvalue weighted by Crippen LogP contribution is -2.42. The van der Waals surface area contributed by atoms with E-state index in [1.54, 1.807) is 6.20 Å². The topological polar surface area (TPSA) is 38.9 Å². The first-order chi connectivity index (χ1) is 9.55. The first-order valence-corrected chi connectivity index (χ1v) is 6.98. The Hall–Kier alpha value is -1.55. The highest BCUT2D eigenvalue weighted by atomic mass is 19.3. The van der Waals surface area contributed by atoms with Gasteiger partial charge in [-0.05, 0) is 36.6 Å². The molecule has 20 heavy (non-hydrogen) atoms. The van der Waals surface area contributed by atoms with Gasteiger partial charge in [-0.2, -0.15) is 0 Å². The largest absolute Gasteiger partial charge is 0.330 e. The van der Waals surface area contributed by atoms with Gasteiger partial charge in [0.15, 0.2) is 0 Å². The van der Waals surface area contributed by atoms with E-state index >= 15 is 0 Å². The molecule has 0 radical (unpaired) electrons. The molecule has 4 heteroatoms. The van der Waals surface area contributed by atoms with Crippen molar-refractivity contribution in [2.45, 2.75) is 37.0 Å². The molecule has 106 valence electrons. The number of pyridine rings is 1. The Bertz CT molecular complexity index is 615. The van der Waals surface area contributed by atoms with Crippen LogP contribution in [0.25, 0.3) is 10.9 Å². The molecule has 1 aromatic heterocycles. The van der Waals surface area contributed by atoms with Crippen LogP contribution < -0.4 is 5.73 Å². The van der Waals surface area contributed by atoms with Gasteiger partial charge < -0.3 is 5.73 Å². The van der Waals surface area contributed by atoms with Crippen molar-refractivity contribution in [3.63, 3.8) is 0 Å². The van der Waals surface area contributed by atoms with E-state index in [-0.39, 0.29) is 18.3 Å². The molecule has 0 aliphatic heterocycles. The Morgan fingerprint density at radius 1 is 1.10 bits per heavy atom. The molecule has 0 atom stereocenters. The van der Waals surface area contributed by atoms with Gasteiger partial charge in [0.25, 0.3) is 0 Å². The molecule has 2 aromatic rings. The molecule has 1 heterocycles. The maximum atomic E-state index is 13.4. The van der Waals surface area contributed by atoms with Gasteiger partial charge in [0.1, 0.15) is 0 Å². The molecule has 1 saturated carbocycles. The predicted octanol–water partition coefficient (Wildman–Crippen LogP) is 3.64. The van der Waals surface area contributed by atoms with E-state index in [9.17, 15) is 8.78 Å². The number of rotatable bonds is 2. The molecule has 0 bridgehead atoms. The number of aromatic nitrogens is 1. The van der Waals surface area contributed by atoms with Crippen LogP contribution in [0.5, 0.6) is 0 Å². The average Bonchev–Trinajstić information content (AvgIpc) is 2.47. The van der Waals surface area contributed by atoms with Crippen LogP contribution in [0.2, 0.25) is 0 Å². The quantitative estimate of drug-likeness (QED) is 0.909. The Labute approximate surface area is 117 Å². The molecular formula is C16H18F2N2. The minimum Gasteiger partial charge on any atom is -0.330 e. The van der Waals surface area contributed by atoms with E-state index in [1.165, 1.54) is 0 Å². The van der Waals surface area contributed by atoms with Crippen LogP contribution >= 0.6 is 0 Å². The molecule has 0 spiro atoms. The monoisotopic (exact) mass is 276 g/mol. The lowest BCUT2D eigenvalue weighted by Gasteiger charge is -2.40. The number of fused-ring (bicyclic) bond motifs is 1. The van der Waals surface area contributed by atoms with Gasteiger partial charge in [0.2, 0.25) is 5.92 Å². The number of hydrogen-bond donors (Lipinski definition) is 1. The summed E-state index contributed by atoms with van der Waals surface area (Å²) in [6.07, 6.45) is 2.50. The minimum absolute atomic E-state index is 0.0741. The summed E-state index contributed by atoms with van der Waals surface area (Å²) in [5.41, 5.74) is 7.62. The van der Waals surface area contributed by atoms with Crippen LogP contribution in [0.1, 0.15) is 31.2 Å². The molecular weight excluding hydrogens is 258 g/mol. The van der Waals surface area contributed by atoms with E-state index in [4.69, 9.17) is 5.73 Å². The summed E-state index contributed by atoms with van der Waals surface area (Å²) in [7, 11) is 0. The fourth-order valence-corrected chi connectivity index (χ4v) is 3.11. The van der Waals surface area contributed by atoms with Crippen molar-refractivity contribution in [3.05, 3.63) is 42.1 Å². The lowest BCUT2D eigenvalue weighted by molar-refractivity contribution is -0.0509. The number of alkyl halides is 2. The second-order valence-electron chi connectivity index (χ2n) is 5.75. The highest BCUT2D eigenvalue weighted by Gasteiger charge is 2.43. The van der Waals surface area contributed by atoms with Crippen molar-refractivity contribution in [1.82, 2.24) is 4.98 Å². The molecule has 1 aliphatic rings.